The van der Waals surface area contributed by atoms with Crippen LogP contribution in [0.25, 0.3) is 0 Å². The van der Waals surface area contributed by atoms with Gasteiger partial charge >= 0.3 is 11.9 Å². The Labute approximate surface area is 146 Å². The van der Waals surface area contributed by atoms with E-state index in [0.29, 0.717) is 5.92 Å². The van der Waals surface area contributed by atoms with Gasteiger partial charge in [0.1, 0.15) is 11.2 Å². The van der Waals surface area contributed by atoms with Crippen LogP contribution in [0.3, 0.4) is 0 Å². The first kappa shape index (κ1) is 19.0. The number of carbonyl (C=O) groups excluding carboxylic acids is 2. The fourth-order valence-electron chi connectivity index (χ4n) is 3.82. The maximum atomic E-state index is 12.8. The molecule has 1 saturated carbocycles. The van der Waals surface area contributed by atoms with Gasteiger partial charge in [0.25, 0.3) is 0 Å². The van der Waals surface area contributed by atoms with Crippen molar-refractivity contribution in [1.82, 2.24) is 0 Å². The zero-order valence-electron chi connectivity index (χ0n) is 16.0. The molecule has 0 amide bonds. The van der Waals surface area contributed by atoms with Crippen molar-refractivity contribution in [3.8, 4) is 0 Å². The minimum absolute atomic E-state index is 0.0703. The summed E-state index contributed by atoms with van der Waals surface area (Å²) in [6, 6.07) is 0. The van der Waals surface area contributed by atoms with E-state index >= 15 is 0 Å². The molecule has 0 aromatic rings. The zero-order chi connectivity index (χ0) is 18.1. The average molecular weight is 336 g/mol. The lowest BCUT2D eigenvalue weighted by molar-refractivity contribution is -0.156. The Kier molecular flexibility index (Phi) is 5.46. The topological polar surface area (TPSA) is 52.6 Å². The molecular formula is C20H32O4. The highest BCUT2D eigenvalue weighted by Crippen LogP contribution is 2.45. The lowest BCUT2D eigenvalue weighted by Gasteiger charge is -2.32. The van der Waals surface area contributed by atoms with Crippen LogP contribution in [0.15, 0.2) is 11.1 Å². The van der Waals surface area contributed by atoms with Gasteiger partial charge in [-0.05, 0) is 79.6 Å². The number of rotatable bonds is 3. The first-order valence-corrected chi connectivity index (χ1v) is 9.14. The molecule has 136 valence electrons. The van der Waals surface area contributed by atoms with E-state index < -0.39 is 11.2 Å². The van der Waals surface area contributed by atoms with E-state index in [4.69, 9.17) is 9.47 Å². The average Bonchev–Trinajstić information content (AvgIpc) is 2.81. The first-order chi connectivity index (χ1) is 11.0. The van der Waals surface area contributed by atoms with Gasteiger partial charge in [-0.1, -0.05) is 5.57 Å². The highest BCUT2D eigenvalue weighted by molar-refractivity contribution is 5.91. The fourth-order valence-corrected chi connectivity index (χ4v) is 3.82. The molecule has 1 fully saturated rings. The van der Waals surface area contributed by atoms with Gasteiger partial charge in [0, 0.05) is 11.5 Å². The highest BCUT2D eigenvalue weighted by Gasteiger charge is 2.38. The van der Waals surface area contributed by atoms with Crippen molar-refractivity contribution < 1.29 is 19.1 Å². The quantitative estimate of drug-likeness (QED) is 0.709. The van der Waals surface area contributed by atoms with Crippen LogP contribution < -0.4 is 0 Å². The molecule has 0 N–H and O–H groups in total. The van der Waals surface area contributed by atoms with Gasteiger partial charge in [0.2, 0.25) is 0 Å². The second-order valence-electron chi connectivity index (χ2n) is 9.09. The van der Waals surface area contributed by atoms with Crippen molar-refractivity contribution in [2.45, 2.75) is 91.3 Å². The van der Waals surface area contributed by atoms with Crippen molar-refractivity contribution in [1.29, 1.82) is 0 Å². The van der Waals surface area contributed by atoms with E-state index in [1.807, 2.05) is 41.5 Å². The molecule has 2 aliphatic carbocycles. The van der Waals surface area contributed by atoms with E-state index in [0.717, 1.165) is 37.7 Å². The first-order valence-electron chi connectivity index (χ1n) is 9.14. The van der Waals surface area contributed by atoms with E-state index in [-0.39, 0.29) is 24.3 Å². The SMILES string of the molecule is CC(C)(C)OC(=O)C[C@H]1CC[C@@H]2CCCC2=C1C(=O)OC(C)(C)C. The second-order valence-corrected chi connectivity index (χ2v) is 9.09. The van der Waals surface area contributed by atoms with Gasteiger partial charge in [-0.2, -0.15) is 0 Å². The van der Waals surface area contributed by atoms with Crippen LogP contribution >= 0.6 is 0 Å². The summed E-state index contributed by atoms with van der Waals surface area (Å²) in [6.45, 7) is 11.2. The molecule has 0 spiro atoms. The fraction of sp³-hybridized carbons (Fsp3) is 0.800. The minimum Gasteiger partial charge on any atom is -0.460 e. The van der Waals surface area contributed by atoms with Crippen LogP contribution in [0.5, 0.6) is 0 Å². The standard InChI is InChI=1S/C20H32O4/c1-19(2,3)23-16(21)12-14-11-10-13-8-7-9-15(13)17(14)18(22)24-20(4,5)6/h13-14H,7-12H2,1-6H3/t13-,14+/m0/s1. The van der Waals surface area contributed by atoms with Gasteiger partial charge in [-0.15, -0.1) is 0 Å². The molecule has 2 aliphatic rings. The number of ether oxygens (including phenoxy) is 2. The van der Waals surface area contributed by atoms with Crippen LogP contribution in [-0.4, -0.2) is 23.1 Å². The Hall–Kier alpha value is -1.32. The van der Waals surface area contributed by atoms with Gasteiger partial charge < -0.3 is 9.47 Å². The summed E-state index contributed by atoms with van der Waals surface area (Å²) in [4.78, 5) is 25.1. The van der Waals surface area contributed by atoms with Crippen LogP contribution in [0.4, 0.5) is 0 Å². The van der Waals surface area contributed by atoms with Gasteiger partial charge in [-0.3, -0.25) is 4.79 Å². The van der Waals surface area contributed by atoms with Crippen molar-refractivity contribution in [2.24, 2.45) is 11.8 Å². The molecule has 0 heterocycles. The molecule has 0 unspecified atom stereocenters. The summed E-state index contributed by atoms with van der Waals surface area (Å²) in [5.74, 6) is -0.0373. The largest absolute Gasteiger partial charge is 0.460 e. The van der Waals surface area contributed by atoms with Gasteiger partial charge in [-0.25, -0.2) is 4.79 Å². The summed E-state index contributed by atoms with van der Waals surface area (Å²) >= 11 is 0. The van der Waals surface area contributed by atoms with Gasteiger partial charge in [0.15, 0.2) is 0 Å². The molecular weight excluding hydrogens is 304 g/mol. The second kappa shape index (κ2) is 6.89. The van der Waals surface area contributed by atoms with Crippen LogP contribution in [0.1, 0.15) is 80.1 Å². The molecule has 24 heavy (non-hydrogen) atoms. The zero-order valence-corrected chi connectivity index (χ0v) is 16.0. The molecule has 0 radical (unpaired) electrons. The predicted octanol–water partition coefficient (Wildman–Crippen LogP) is 4.57. The number of esters is 2. The third-order valence-electron chi connectivity index (χ3n) is 4.56. The highest BCUT2D eigenvalue weighted by atomic mass is 16.6. The summed E-state index contributed by atoms with van der Waals surface area (Å²) in [6.07, 6.45) is 5.44. The lowest BCUT2D eigenvalue weighted by Crippen LogP contribution is -2.32. The Morgan fingerprint density at radius 3 is 2.17 bits per heavy atom. The third kappa shape index (κ3) is 5.09. The Morgan fingerprint density at radius 1 is 0.958 bits per heavy atom. The van der Waals surface area contributed by atoms with Crippen molar-refractivity contribution in [2.75, 3.05) is 0 Å². The molecule has 0 aliphatic heterocycles. The number of hydrogen-bond donors (Lipinski definition) is 0. The molecule has 0 aromatic heterocycles. The van der Waals surface area contributed by atoms with Crippen molar-refractivity contribution in [3.63, 3.8) is 0 Å². The maximum absolute atomic E-state index is 12.8. The molecule has 0 saturated heterocycles. The molecule has 4 nitrogen and oxygen atoms in total. The minimum atomic E-state index is -0.521. The third-order valence-corrected chi connectivity index (χ3v) is 4.56. The Bertz CT molecular complexity index is 531. The van der Waals surface area contributed by atoms with E-state index in [9.17, 15) is 9.59 Å². The van der Waals surface area contributed by atoms with Gasteiger partial charge in [0.05, 0.1) is 6.42 Å². The Balaban J connectivity index is 2.21. The van der Waals surface area contributed by atoms with Crippen LogP contribution in [-0.2, 0) is 19.1 Å². The number of carbonyl (C=O) groups is 2. The van der Waals surface area contributed by atoms with Crippen molar-refractivity contribution >= 4 is 11.9 Å². The summed E-state index contributed by atoms with van der Waals surface area (Å²) in [5.41, 5.74) is 0.988. The maximum Gasteiger partial charge on any atom is 0.334 e. The van der Waals surface area contributed by atoms with E-state index in [2.05, 4.69) is 0 Å². The lowest BCUT2D eigenvalue weighted by atomic mass is 9.76. The molecule has 2 atom stereocenters. The number of allylic oxidation sites excluding steroid dienone is 1. The number of fused-ring (bicyclic) bond motifs is 1. The van der Waals surface area contributed by atoms with E-state index in [1.54, 1.807) is 0 Å². The normalized spacial score (nSPS) is 24.6. The Morgan fingerprint density at radius 2 is 1.58 bits per heavy atom. The van der Waals surface area contributed by atoms with Crippen molar-refractivity contribution in [3.05, 3.63) is 11.1 Å². The summed E-state index contributed by atoms with van der Waals surface area (Å²) < 4.78 is 11.1. The molecule has 0 aromatic carbocycles. The van der Waals surface area contributed by atoms with Crippen LogP contribution in [0.2, 0.25) is 0 Å². The number of hydrogen-bond acceptors (Lipinski definition) is 4. The molecule has 2 rings (SSSR count). The summed E-state index contributed by atoms with van der Waals surface area (Å²) in [7, 11) is 0. The van der Waals surface area contributed by atoms with Crippen LogP contribution in [0, 0.1) is 11.8 Å². The summed E-state index contributed by atoms with van der Waals surface area (Å²) in [5, 5.41) is 0. The molecule has 0 bridgehead atoms. The molecule has 4 heteroatoms. The smallest absolute Gasteiger partial charge is 0.334 e. The monoisotopic (exact) mass is 336 g/mol. The predicted molar refractivity (Wildman–Crippen MR) is 93.4 cm³/mol. The van der Waals surface area contributed by atoms with E-state index in [1.165, 1.54) is 5.57 Å².